The maximum absolute atomic E-state index is 12.0. The Balaban J connectivity index is 3.24. The molecule has 0 aliphatic rings. The molecule has 0 saturated heterocycles. The van der Waals surface area contributed by atoms with Crippen molar-refractivity contribution in [3.05, 3.63) is 10.4 Å². The maximum Gasteiger partial charge on any atom is 0.265 e. The second-order valence-corrected chi connectivity index (χ2v) is 6.11. The number of hydrogen-bond donors (Lipinski definition) is 1. The summed E-state index contributed by atoms with van der Waals surface area (Å²) in [5.41, 5.74) is 6.63. The van der Waals surface area contributed by atoms with Crippen molar-refractivity contribution in [1.82, 2.24) is 4.90 Å². The van der Waals surface area contributed by atoms with E-state index in [-0.39, 0.29) is 11.6 Å². The van der Waals surface area contributed by atoms with E-state index in [1.54, 1.807) is 14.1 Å². The summed E-state index contributed by atoms with van der Waals surface area (Å²) in [6, 6.07) is 2.11. The highest BCUT2D eigenvalue weighted by atomic mass is 32.1. The summed E-state index contributed by atoms with van der Waals surface area (Å²) >= 11 is 1.28. The molecule has 0 fully saturated rings. The van der Waals surface area contributed by atoms with Crippen molar-refractivity contribution in [3.8, 4) is 6.07 Å². The van der Waals surface area contributed by atoms with Gasteiger partial charge in [-0.25, -0.2) is 0 Å². The highest BCUT2D eigenvalue weighted by Gasteiger charge is 2.24. The highest BCUT2D eigenvalue weighted by molar-refractivity contribution is 7.19. The summed E-state index contributed by atoms with van der Waals surface area (Å²) in [7, 11) is 5.26. The first-order chi connectivity index (χ1) is 8.79. The third-order valence-electron chi connectivity index (χ3n) is 2.62. The minimum atomic E-state index is -0.164. The number of rotatable bonds is 4. The predicted octanol–water partition coefficient (Wildman–Crippen LogP) is 2.00. The molecule has 19 heavy (non-hydrogen) atoms. The number of carbonyl (C=O) groups excluding carboxylic acids is 1. The van der Waals surface area contributed by atoms with Crippen molar-refractivity contribution in [2.24, 2.45) is 5.92 Å². The molecule has 0 aliphatic heterocycles. The fourth-order valence-corrected chi connectivity index (χ4v) is 2.96. The van der Waals surface area contributed by atoms with Gasteiger partial charge in [-0.15, -0.1) is 11.3 Å². The maximum atomic E-state index is 12.0. The number of anilines is 2. The smallest absolute Gasteiger partial charge is 0.265 e. The Labute approximate surface area is 118 Å². The molecule has 0 aromatic carbocycles. The van der Waals surface area contributed by atoms with Crippen LogP contribution in [0.5, 0.6) is 0 Å². The Hall–Kier alpha value is -1.74. The van der Waals surface area contributed by atoms with E-state index in [9.17, 15) is 10.1 Å². The Bertz CT molecular complexity index is 513. The molecule has 2 N–H and O–H groups in total. The van der Waals surface area contributed by atoms with Crippen LogP contribution in [0.2, 0.25) is 0 Å². The Morgan fingerprint density at radius 3 is 2.42 bits per heavy atom. The van der Waals surface area contributed by atoms with Crippen LogP contribution < -0.4 is 10.6 Å². The van der Waals surface area contributed by atoms with Crippen LogP contribution in [0.25, 0.3) is 0 Å². The summed E-state index contributed by atoms with van der Waals surface area (Å²) in [6.45, 7) is 5.01. The monoisotopic (exact) mass is 280 g/mol. The Morgan fingerprint density at radius 2 is 2.00 bits per heavy atom. The quantitative estimate of drug-likeness (QED) is 0.915. The normalized spacial score (nSPS) is 10.4. The molecule has 0 aliphatic carbocycles. The standard InChI is InChI=1S/C13H20N4OS/c1-8(2)7-17(5)13-9(6-14)10(15)11(19-13)12(18)16(3)4/h8H,7,15H2,1-5H3. The van der Waals surface area contributed by atoms with Gasteiger partial charge >= 0.3 is 0 Å². The Morgan fingerprint density at radius 1 is 1.42 bits per heavy atom. The van der Waals surface area contributed by atoms with Gasteiger partial charge in [-0.2, -0.15) is 5.26 Å². The third kappa shape index (κ3) is 3.18. The molecular formula is C13H20N4OS. The topological polar surface area (TPSA) is 73.4 Å². The molecule has 0 unspecified atom stereocenters. The molecule has 0 bridgehead atoms. The number of nitrogens with zero attached hydrogens (tertiary/aromatic N) is 3. The van der Waals surface area contributed by atoms with Crippen LogP contribution in [0.4, 0.5) is 10.7 Å². The van der Waals surface area contributed by atoms with Crippen LogP contribution in [0.15, 0.2) is 0 Å². The van der Waals surface area contributed by atoms with E-state index in [2.05, 4.69) is 19.9 Å². The molecule has 104 valence electrons. The van der Waals surface area contributed by atoms with E-state index in [0.717, 1.165) is 11.5 Å². The summed E-state index contributed by atoms with van der Waals surface area (Å²) in [5.74, 6) is 0.302. The van der Waals surface area contributed by atoms with E-state index >= 15 is 0 Å². The minimum Gasteiger partial charge on any atom is -0.396 e. The first kappa shape index (κ1) is 15.3. The molecule has 6 heteroatoms. The van der Waals surface area contributed by atoms with E-state index in [1.165, 1.54) is 16.2 Å². The fraction of sp³-hybridized carbons (Fsp3) is 0.538. The molecule has 0 radical (unpaired) electrons. The second kappa shape index (κ2) is 5.93. The lowest BCUT2D eigenvalue weighted by molar-refractivity contribution is 0.0833. The number of nitrogen functional groups attached to an aromatic ring is 1. The number of amides is 1. The summed E-state index contributed by atoms with van der Waals surface area (Å²) < 4.78 is 0. The Kier molecular flexibility index (Phi) is 4.78. The van der Waals surface area contributed by atoms with Gasteiger partial charge < -0.3 is 15.5 Å². The lowest BCUT2D eigenvalue weighted by Crippen LogP contribution is -2.22. The molecule has 5 nitrogen and oxygen atoms in total. The summed E-state index contributed by atoms with van der Waals surface area (Å²) in [6.07, 6.45) is 0. The van der Waals surface area contributed by atoms with Gasteiger partial charge in [0.25, 0.3) is 5.91 Å². The second-order valence-electron chi connectivity index (χ2n) is 5.11. The average molecular weight is 280 g/mol. The molecular weight excluding hydrogens is 260 g/mol. The van der Waals surface area contributed by atoms with Gasteiger partial charge in [-0.05, 0) is 5.92 Å². The number of hydrogen-bond acceptors (Lipinski definition) is 5. The first-order valence-electron chi connectivity index (χ1n) is 6.04. The van der Waals surface area contributed by atoms with Gasteiger partial charge in [-0.3, -0.25) is 4.79 Å². The molecule has 1 rings (SSSR count). The fourth-order valence-electron chi connectivity index (χ4n) is 1.80. The van der Waals surface area contributed by atoms with Crippen molar-refractivity contribution in [2.75, 3.05) is 38.3 Å². The van der Waals surface area contributed by atoms with Crippen molar-refractivity contribution < 1.29 is 4.79 Å². The molecule has 1 aromatic heterocycles. The molecule has 0 spiro atoms. The van der Waals surface area contributed by atoms with E-state index in [1.807, 2.05) is 11.9 Å². The van der Waals surface area contributed by atoms with Crippen LogP contribution in [-0.2, 0) is 0 Å². The zero-order valence-electron chi connectivity index (χ0n) is 12.0. The lowest BCUT2D eigenvalue weighted by Gasteiger charge is -2.19. The van der Waals surface area contributed by atoms with Gasteiger partial charge in [-0.1, -0.05) is 13.8 Å². The zero-order chi connectivity index (χ0) is 14.7. The third-order valence-corrected chi connectivity index (χ3v) is 3.93. The predicted molar refractivity (Wildman–Crippen MR) is 79.6 cm³/mol. The average Bonchev–Trinajstić information content (AvgIpc) is 2.64. The van der Waals surface area contributed by atoms with Crippen LogP contribution in [-0.4, -0.2) is 38.5 Å². The SMILES string of the molecule is CC(C)CN(C)c1sc(C(=O)N(C)C)c(N)c1C#N. The molecule has 1 aromatic rings. The van der Waals surface area contributed by atoms with E-state index in [4.69, 9.17) is 5.73 Å². The van der Waals surface area contributed by atoms with Crippen molar-refractivity contribution in [2.45, 2.75) is 13.8 Å². The molecule has 1 heterocycles. The van der Waals surface area contributed by atoms with Gasteiger partial charge in [0.1, 0.15) is 21.5 Å². The van der Waals surface area contributed by atoms with Gasteiger partial charge in [0.2, 0.25) is 0 Å². The summed E-state index contributed by atoms with van der Waals surface area (Å²) in [5, 5.41) is 10.0. The number of nitriles is 1. The van der Waals surface area contributed by atoms with Crippen molar-refractivity contribution >= 4 is 27.9 Å². The minimum absolute atomic E-state index is 0.164. The van der Waals surface area contributed by atoms with Crippen LogP contribution in [0, 0.1) is 17.2 Å². The first-order valence-corrected chi connectivity index (χ1v) is 6.86. The van der Waals surface area contributed by atoms with Gasteiger partial charge in [0.05, 0.1) is 5.69 Å². The van der Waals surface area contributed by atoms with Crippen LogP contribution >= 0.6 is 11.3 Å². The van der Waals surface area contributed by atoms with E-state index < -0.39 is 0 Å². The number of carbonyl (C=O) groups is 1. The number of nitrogens with two attached hydrogens (primary N) is 1. The molecule has 0 atom stereocenters. The van der Waals surface area contributed by atoms with E-state index in [0.29, 0.717) is 16.4 Å². The van der Waals surface area contributed by atoms with Crippen molar-refractivity contribution in [1.29, 1.82) is 5.26 Å². The molecule has 0 saturated carbocycles. The van der Waals surface area contributed by atoms with Crippen molar-refractivity contribution in [3.63, 3.8) is 0 Å². The van der Waals surface area contributed by atoms with Crippen LogP contribution in [0.1, 0.15) is 29.1 Å². The zero-order valence-corrected chi connectivity index (χ0v) is 12.8. The highest BCUT2D eigenvalue weighted by Crippen LogP contribution is 2.38. The largest absolute Gasteiger partial charge is 0.396 e. The summed E-state index contributed by atoms with van der Waals surface area (Å²) in [4.78, 5) is 15.9. The molecule has 1 amide bonds. The lowest BCUT2D eigenvalue weighted by atomic mass is 10.2. The van der Waals surface area contributed by atoms with Gasteiger partial charge in [0.15, 0.2) is 0 Å². The van der Waals surface area contributed by atoms with Crippen LogP contribution in [0.3, 0.4) is 0 Å². The van der Waals surface area contributed by atoms with Gasteiger partial charge in [0, 0.05) is 27.7 Å². The number of thiophene rings is 1.